The van der Waals surface area contributed by atoms with Crippen molar-refractivity contribution in [3.8, 4) is 10.4 Å². The molecule has 0 spiro atoms. The average molecular weight is 421 g/mol. The third kappa shape index (κ3) is 4.68. The van der Waals surface area contributed by atoms with Gasteiger partial charge < -0.3 is 0 Å². The molecule has 27 heavy (non-hydrogen) atoms. The van der Waals surface area contributed by atoms with E-state index in [0.29, 0.717) is 4.67 Å². The van der Waals surface area contributed by atoms with Gasteiger partial charge in [0.1, 0.15) is 4.67 Å². The summed E-state index contributed by atoms with van der Waals surface area (Å²) in [6.07, 6.45) is 2.12. The maximum absolute atomic E-state index is 12.4. The van der Waals surface area contributed by atoms with E-state index in [1.807, 2.05) is 12.1 Å². The number of nitrogens with zero attached hydrogens (tertiary/aromatic N) is 2. The smallest absolute Gasteiger partial charge is 0.258 e. The topological polar surface area (TPSA) is 89.6 Å². The van der Waals surface area contributed by atoms with Gasteiger partial charge in [0.05, 0.1) is 9.82 Å². The van der Waals surface area contributed by atoms with Crippen molar-refractivity contribution in [3.63, 3.8) is 0 Å². The fourth-order valence-electron chi connectivity index (χ4n) is 2.46. The van der Waals surface area contributed by atoms with Crippen molar-refractivity contribution < 1.29 is 13.3 Å². The van der Waals surface area contributed by atoms with Crippen molar-refractivity contribution in [2.75, 3.05) is 0 Å². The lowest BCUT2D eigenvalue weighted by atomic mass is 10.1. The molecule has 2 aromatic carbocycles. The quantitative estimate of drug-likeness (QED) is 0.330. The van der Waals surface area contributed by atoms with E-state index in [1.54, 1.807) is 6.07 Å². The van der Waals surface area contributed by atoms with Crippen LogP contribution in [0.15, 0.2) is 63.9 Å². The highest BCUT2D eigenvalue weighted by Gasteiger charge is 2.15. The SMILES string of the molecule is CCCc1ccc(-c2cc(=NS(=O)(=O)c3ccc([N+](=O)[O-])cc3)ss2)cc1. The summed E-state index contributed by atoms with van der Waals surface area (Å²) in [5.41, 5.74) is 2.12. The summed E-state index contributed by atoms with van der Waals surface area (Å²) in [5.74, 6) is 0. The van der Waals surface area contributed by atoms with Crippen LogP contribution in [-0.2, 0) is 16.4 Å². The first-order valence-corrected chi connectivity index (χ1v) is 11.7. The minimum absolute atomic E-state index is 0.0723. The van der Waals surface area contributed by atoms with Gasteiger partial charge in [0, 0.05) is 17.0 Å². The Labute approximate surface area is 164 Å². The summed E-state index contributed by atoms with van der Waals surface area (Å²) in [7, 11) is -1.18. The minimum atomic E-state index is -3.92. The molecule has 0 aliphatic carbocycles. The average Bonchev–Trinajstić information content (AvgIpc) is 3.10. The highest BCUT2D eigenvalue weighted by molar-refractivity contribution is 7.90. The number of aryl methyl sites for hydroxylation is 1. The van der Waals surface area contributed by atoms with Gasteiger partial charge >= 0.3 is 0 Å². The van der Waals surface area contributed by atoms with Crippen LogP contribution in [0, 0.1) is 10.1 Å². The Bertz CT molecular complexity index is 1110. The molecule has 1 aromatic heterocycles. The number of hydrogen-bond donors (Lipinski definition) is 0. The lowest BCUT2D eigenvalue weighted by Crippen LogP contribution is -2.03. The minimum Gasteiger partial charge on any atom is -0.258 e. The van der Waals surface area contributed by atoms with Crippen LogP contribution in [0.5, 0.6) is 0 Å². The van der Waals surface area contributed by atoms with Gasteiger partial charge in [0.2, 0.25) is 0 Å². The zero-order valence-electron chi connectivity index (χ0n) is 14.4. The van der Waals surface area contributed by atoms with E-state index in [0.717, 1.165) is 35.4 Å². The summed E-state index contributed by atoms with van der Waals surface area (Å²) in [6, 6.07) is 14.7. The van der Waals surface area contributed by atoms with Gasteiger partial charge in [-0.1, -0.05) is 58.3 Å². The fourth-order valence-corrected chi connectivity index (χ4v) is 5.93. The van der Waals surface area contributed by atoms with Gasteiger partial charge in [-0.3, -0.25) is 10.1 Å². The largest absolute Gasteiger partial charge is 0.283 e. The van der Waals surface area contributed by atoms with Crippen LogP contribution in [0.1, 0.15) is 18.9 Å². The summed E-state index contributed by atoms with van der Waals surface area (Å²) >= 11 is 0. The Balaban J connectivity index is 1.88. The standard InChI is InChI=1S/C18H16N2O4S3/c1-2-3-13-4-6-14(7-5-13)17-12-18(26-25-17)19-27(23,24)16-10-8-15(9-11-16)20(21)22/h4-12H,2-3H2,1H3. The second-order valence-electron chi connectivity index (χ2n) is 5.78. The lowest BCUT2D eigenvalue weighted by molar-refractivity contribution is -0.384. The van der Waals surface area contributed by atoms with E-state index < -0.39 is 14.9 Å². The van der Waals surface area contributed by atoms with Crippen LogP contribution in [0.2, 0.25) is 0 Å². The molecule has 0 amide bonds. The summed E-state index contributed by atoms with van der Waals surface area (Å²) in [6.45, 7) is 2.13. The van der Waals surface area contributed by atoms with E-state index >= 15 is 0 Å². The normalized spacial score (nSPS) is 12.3. The molecule has 1 heterocycles. The van der Waals surface area contributed by atoms with Crippen molar-refractivity contribution in [2.24, 2.45) is 4.40 Å². The summed E-state index contributed by atoms with van der Waals surface area (Å²) in [4.78, 5) is 11.0. The zero-order chi connectivity index (χ0) is 19.4. The van der Waals surface area contributed by atoms with Crippen molar-refractivity contribution in [1.82, 2.24) is 0 Å². The molecular formula is C18H16N2O4S3. The predicted octanol–water partition coefficient (Wildman–Crippen LogP) is 4.63. The van der Waals surface area contributed by atoms with Crippen LogP contribution in [0.25, 0.3) is 10.4 Å². The van der Waals surface area contributed by atoms with Gasteiger partial charge in [-0.05, 0) is 35.7 Å². The number of nitro benzene ring substituents is 1. The van der Waals surface area contributed by atoms with E-state index in [4.69, 9.17) is 0 Å². The molecule has 0 atom stereocenters. The van der Waals surface area contributed by atoms with E-state index in [-0.39, 0.29) is 10.6 Å². The van der Waals surface area contributed by atoms with Crippen LogP contribution in [0.4, 0.5) is 5.69 Å². The Hall–Kier alpha value is -2.36. The number of non-ortho nitro benzene ring substituents is 1. The molecule has 0 radical (unpaired) electrons. The number of nitro groups is 1. The molecule has 6 nitrogen and oxygen atoms in total. The van der Waals surface area contributed by atoms with E-state index in [9.17, 15) is 18.5 Å². The Morgan fingerprint density at radius 1 is 1.04 bits per heavy atom. The molecule has 0 fully saturated rings. The molecule has 0 unspecified atom stereocenters. The Morgan fingerprint density at radius 2 is 1.70 bits per heavy atom. The number of benzene rings is 2. The van der Waals surface area contributed by atoms with Crippen LogP contribution < -0.4 is 4.67 Å². The van der Waals surface area contributed by atoms with Gasteiger partial charge in [-0.25, -0.2) is 0 Å². The molecule has 140 valence electrons. The molecule has 0 aliphatic rings. The molecule has 0 bridgehead atoms. The second kappa shape index (κ2) is 8.12. The summed E-state index contributed by atoms with van der Waals surface area (Å²) < 4.78 is 29.1. The highest BCUT2D eigenvalue weighted by atomic mass is 32.9. The third-order valence-corrected chi connectivity index (χ3v) is 7.52. The molecule has 0 aliphatic heterocycles. The number of hydrogen-bond acceptors (Lipinski definition) is 6. The van der Waals surface area contributed by atoms with Gasteiger partial charge in [-0.2, -0.15) is 8.42 Å². The molecule has 0 saturated carbocycles. The molecule has 3 aromatic rings. The van der Waals surface area contributed by atoms with Crippen LogP contribution in [-0.4, -0.2) is 13.3 Å². The molecule has 9 heteroatoms. The fraction of sp³-hybridized carbons (Fsp3) is 0.167. The highest BCUT2D eigenvalue weighted by Crippen LogP contribution is 2.26. The van der Waals surface area contributed by atoms with Crippen molar-refractivity contribution in [2.45, 2.75) is 24.7 Å². The predicted molar refractivity (Wildman–Crippen MR) is 107 cm³/mol. The van der Waals surface area contributed by atoms with Crippen molar-refractivity contribution >= 4 is 36.4 Å². The monoisotopic (exact) mass is 420 g/mol. The van der Waals surface area contributed by atoms with E-state index in [2.05, 4.69) is 23.5 Å². The van der Waals surface area contributed by atoms with E-state index in [1.165, 1.54) is 38.4 Å². The second-order valence-corrected chi connectivity index (χ2v) is 9.57. The lowest BCUT2D eigenvalue weighted by Gasteiger charge is -2.00. The number of rotatable bonds is 6. The number of sulfonamides is 1. The van der Waals surface area contributed by atoms with Crippen molar-refractivity contribution in [1.29, 1.82) is 0 Å². The first kappa shape index (κ1) is 19.4. The first-order valence-electron chi connectivity index (χ1n) is 8.14. The molecule has 0 N–H and O–H groups in total. The maximum atomic E-state index is 12.4. The van der Waals surface area contributed by atoms with Gasteiger partial charge in [0.25, 0.3) is 15.7 Å². The molecular weight excluding hydrogens is 404 g/mol. The maximum Gasteiger partial charge on any atom is 0.283 e. The summed E-state index contributed by atoms with van der Waals surface area (Å²) in [5, 5.41) is 10.7. The molecule has 3 rings (SSSR count). The van der Waals surface area contributed by atoms with Crippen molar-refractivity contribution in [3.05, 3.63) is 74.9 Å². The Morgan fingerprint density at radius 3 is 2.30 bits per heavy atom. The Kier molecular flexibility index (Phi) is 5.83. The zero-order valence-corrected chi connectivity index (χ0v) is 16.8. The molecule has 0 saturated heterocycles. The van der Waals surface area contributed by atoms with Crippen LogP contribution >= 0.6 is 20.7 Å². The first-order chi connectivity index (χ1) is 12.9. The van der Waals surface area contributed by atoms with Gasteiger partial charge in [0.15, 0.2) is 0 Å². The third-order valence-electron chi connectivity index (χ3n) is 3.80. The van der Waals surface area contributed by atoms with Gasteiger partial charge in [-0.15, -0.1) is 4.40 Å². The van der Waals surface area contributed by atoms with Crippen LogP contribution in [0.3, 0.4) is 0 Å².